The highest BCUT2D eigenvalue weighted by molar-refractivity contribution is 7.09. The molecule has 3 heterocycles. The first-order valence-electron chi connectivity index (χ1n) is 9.04. The molecule has 0 aromatic carbocycles. The van der Waals surface area contributed by atoms with Crippen LogP contribution >= 0.6 is 11.3 Å². The van der Waals surface area contributed by atoms with Crippen LogP contribution in [0.2, 0.25) is 0 Å². The van der Waals surface area contributed by atoms with E-state index in [0.717, 1.165) is 18.9 Å². The van der Waals surface area contributed by atoms with Gasteiger partial charge in [-0.05, 0) is 25.3 Å². The number of aromatic nitrogens is 3. The number of H-pyrrole nitrogens is 1. The lowest BCUT2D eigenvalue weighted by Crippen LogP contribution is -2.33. The van der Waals surface area contributed by atoms with E-state index >= 15 is 0 Å². The van der Waals surface area contributed by atoms with Crippen molar-refractivity contribution < 1.29 is 0 Å². The maximum Gasteiger partial charge on any atom is 0.110 e. The third-order valence-electron chi connectivity index (χ3n) is 5.36. The molecule has 0 radical (unpaired) electrons. The minimum atomic E-state index is 0.491. The number of likely N-dealkylation sites (tertiary alicyclic amines) is 1. The summed E-state index contributed by atoms with van der Waals surface area (Å²) in [4.78, 5) is 15.4. The first-order valence-corrected chi connectivity index (χ1v) is 9.92. The van der Waals surface area contributed by atoms with Gasteiger partial charge in [0.25, 0.3) is 0 Å². The van der Waals surface area contributed by atoms with Crippen LogP contribution in [0.15, 0.2) is 17.8 Å². The summed E-state index contributed by atoms with van der Waals surface area (Å²) in [6, 6.07) is 0.491. The minimum absolute atomic E-state index is 0.491. The minimum Gasteiger partial charge on any atom is -0.345 e. The third kappa shape index (κ3) is 3.66. The van der Waals surface area contributed by atoms with Gasteiger partial charge in [-0.15, -0.1) is 11.3 Å². The van der Waals surface area contributed by atoms with Crippen molar-refractivity contribution in [2.24, 2.45) is 5.92 Å². The molecule has 0 spiro atoms. The number of nitrogens with zero attached hydrogens (tertiary/aromatic N) is 3. The van der Waals surface area contributed by atoms with Crippen LogP contribution in [0.1, 0.15) is 67.5 Å². The van der Waals surface area contributed by atoms with Crippen molar-refractivity contribution in [3.05, 3.63) is 34.3 Å². The summed E-state index contributed by atoms with van der Waals surface area (Å²) in [6.07, 6.45) is 14.5. The summed E-state index contributed by atoms with van der Waals surface area (Å²) >= 11 is 1.79. The zero-order valence-corrected chi connectivity index (χ0v) is 14.5. The van der Waals surface area contributed by atoms with Gasteiger partial charge in [-0.2, -0.15) is 0 Å². The van der Waals surface area contributed by atoms with Crippen LogP contribution in [0.4, 0.5) is 0 Å². The van der Waals surface area contributed by atoms with E-state index in [1.165, 1.54) is 68.0 Å². The molecule has 1 saturated carbocycles. The molecule has 1 saturated heterocycles. The standard InChI is InChI=1S/C18H26N4S/c1-2-6-14(5-1)11-17-20-12-15(21-17)13-22-9-4-3-7-16(22)18-19-8-10-23-18/h8,10,12,14,16H,1-7,9,11,13H2,(H,20,21). The Labute approximate surface area is 142 Å². The molecule has 1 N–H and O–H groups in total. The van der Waals surface area contributed by atoms with Crippen molar-refractivity contribution in [2.45, 2.75) is 64.0 Å². The highest BCUT2D eigenvalue weighted by atomic mass is 32.1. The largest absolute Gasteiger partial charge is 0.345 e. The molecule has 2 aromatic rings. The summed E-state index contributed by atoms with van der Waals surface area (Å²) in [5.41, 5.74) is 1.27. The Morgan fingerprint density at radius 2 is 2.00 bits per heavy atom. The van der Waals surface area contributed by atoms with Gasteiger partial charge in [0, 0.05) is 36.4 Å². The van der Waals surface area contributed by atoms with Crippen LogP contribution in [0.3, 0.4) is 0 Å². The Balaban J connectivity index is 1.41. The van der Waals surface area contributed by atoms with Crippen molar-refractivity contribution >= 4 is 11.3 Å². The molecule has 1 unspecified atom stereocenters. The molecule has 23 heavy (non-hydrogen) atoms. The van der Waals surface area contributed by atoms with Gasteiger partial charge in [-0.25, -0.2) is 9.97 Å². The van der Waals surface area contributed by atoms with Crippen LogP contribution in [0.5, 0.6) is 0 Å². The van der Waals surface area contributed by atoms with Crippen LogP contribution in [-0.4, -0.2) is 26.4 Å². The fourth-order valence-electron chi connectivity index (χ4n) is 4.16. The summed E-state index contributed by atoms with van der Waals surface area (Å²) < 4.78 is 0. The molecule has 0 amide bonds. The normalized spacial score (nSPS) is 23.6. The maximum absolute atomic E-state index is 4.64. The van der Waals surface area contributed by atoms with E-state index in [2.05, 4.69) is 31.4 Å². The first kappa shape index (κ1) is 15.3. The van der Waals surface area contributed by atoms with E-state index in [0.29, 0.717) is 6.04 Å². The van der Waals surface area contributed by atoms with E-state index in [1.54, 1.807) is 11.3 Å². The first-order chi connectivity index (χ1) is 11.4. The van der Waals surface area contributed by atoms with Gasteiger partial charge in [0.1, 0.15) is 10.8 Å². The molecule has 1 aliphatic heterocycles. The van der Waals surface area contributed by atoms with Gasteiger partial charge < -0.3 is 4.98 Å². The second-order valence-corrected chi connectivity index (χ2v) is 7.99. The number of imidazole rings is 1. The van der Waals surface area contributed by atoms with Gasteiger partial charge in [0.15, 0.2) is 0 Å². The van der Waals surface area contributed by atoms with Crippen LogP contribution in [0.25, 0.3) is 0 Å². The van der Waals surface area contributed by atoms with Crippen LogP contribution in [0, 0.1) is 5.92 Å². The predicted molar refractivity (Wildman–Crippen MR) is 93.4 cm³/mol. The fourth-order valence-corrected chi connectivity index (χ4v) is 4.96. The Kier molecular flexibility index (Phi) is 4.76. The second kappa shape index (κ2) is 7.14. The number of piperidine rings is 1. The Bertz CT molecular complexity index is 600. The fraction of sp³-hybridized carbons (Fsp3) is 0.667. The molecule has 4 rings (SSSR count). The molecular formula is C18H26N4S. The SMILES string of the molecule is c1csc(C2CCCCN2Cc2cnc(CC3CCCC3)[nH]2)n1. The highest BCUT2D eigenvalue weighted by Crippen LogP contribution is 2.33. The molecule has 5 heteroatoms. The van der Waals surface area contributed by atoms with Crippen LogP contribution < -0.4 is 0 Å². The molecule has 0 bridgehead atoms. The Morgan fingerprint density at radius 1 is 1.13 bits per heavy atom. The lowest BCUT2D eigenvalue weighted by Gasteiger charge is -2.34. The van der Waals surface area contributed by atoms with Crippen molar-refractivity contribution in [2.75, 3.05) is 6.54 Å². The molecule has 1 aliphatic carbocycles. The zero-order chi connectivity index (χ0) is 15.5. The molecule has 2 fully saturated rings. The number of nitrogens with one attached hydrogen (secondary N) is 1. The molecule has 1 atom stereocenters. The molecule has 2 aliphatic rings. The number of rotatable bonds is 5. The summed E-state index contributed by atoms with van der Waals surface area (Å²) in [7, 11) is 0. The van der Waals surface area contributed by atoms with Gasteiger partial charge in [-0.1, -0.05) is 32.1 Å². The van der Waals surface area contributed by atoms with Crippen molar-refractivity contribution in [1.29, 1.82) is 0 Å². The van der Waals surface area contributed by atoms with Gasteiger partial charge >= 0.3 is 0 Å². The molecule has 124 valence electrons. The monoisotopic (exact) mass is 330 g/mol. The van der Waals surface area contributed by atoms with Crippen molar-refractivity contribution in [3.63, 3.8) is 0 Å². The molecule has 2 aromatic heterocycles. The van der Waals surface area contributed by atoms with Gasteiger partial charge in [0.05, 0.1) is 6.04 Å². The topological polar surface area (TPSA) is 44.8 Å². The van der Waals surface area contributed by atoms with E-state index < -0.39 is 0 Å². The Morgan fingerprint density at radius 3 is 2.83 bits per heavy atom. The smallest absolute Gasteiger partial charge is 0.110 e. The zero-order valence-electron chi connectivity index (χ0n) is 13.7. The number of hydrogen-bond acceptors (Lipinski definition) is 4. The number of hydrogen-bond donors (Lipinski definition) is 1. The van der Waals surface area contributed by atoms with Crippen LogP contribution in [-0.2, 0) is 13.0 Å². The van der Waals surface area contributed by atoms with Crippen molar-refractivity contribution in [1.82, 2.24) is 19.9 Å². The number of aromatic amines is 1. The predicted octanol–water partition coefficient (Wildman–Crippen LogP) is 4.33. The lowest BCUT2D eigenvalue weighted by atomic mass is 10.0. The maximum atomic E-state index is 4.64. The van der Waals surface area contributed by atoms with E-state index in [4.69, 9.17) is 0 Å². The van der Waals surface area contributed by atoms with E-state index in [-0.39, 0.29) is 0 Å². The second-order valence-electron chi connectivity index (χ2n) is 7.06. The summed E-state index contributed by atoms with van der Waals surface area (Å²) in [6.45, 7) is 2.14. The quantitative estimate of drug-likeness (QED) is 0.887. The third-order valence-corrected chi connectivity index (χ3v) is 6.24. The molecule has 4 nitrogen and oxygen atoms in total. The Hall–Kier alpha value is -1.20. The number of thiazole rings is 1. The van der Waals surface area contributed by atoms with Gasteiger partial charge in [-0.3, -0.25) is 4.90 Å². The van der Waals surface area contributed by atoms with E-state index in [9.17, 15) is 0 Å². The highest BCUT2D eigenvalue weighted by Gasteiger charge is 2.26. The van der Waals surface area contributed by atoms with E-state index in [1.807, 2.05) is 6.20 Å². The van der Waals surface area contributed by atoms with Crippen molar-refractivity contribution in [3.8, 4) is 0 Å². The average Bonchev–Trinajstić information content (AvgIpc) is 3.31. The summed E-state index contributed by atoms with van der Waals surface area (Å²) in [5.74, 6) is 2.04. The lowest BCUT2D eigenvalue weighted by molar-refractivity contribution is 0.138. The molecular weight excluding hydrogens is 304 g/mol. The van der Waals surface area contributed by atoms with Gasteiger partial charge in [0.2, 0.25) is 0 Å². The summed E-state index contributed by atoms with van der Waals surface area (Å²) in [5, 5.41) is 3.37. The average molecular weight is 331 g/mol.